The molecule has 0 spiro atoms. The molecule has 5 heteroatoms. The quantitative estimate of drug-likeness (QED) is 0.749. The van der Waals surface area contributed by atoms with Gasteiger partial charge in [0.1, 0.15) is 5.82 Å². The van der Waals surface area contributed by atoms with Gasteiger partial charge < -0.3 is 5.73 Å². The van der Waals surface area contributed by atoms with Crippen molar-refractivity contribution in [1.82, 2.24) is 9.55 Å². The predicted octanol–water partition coefficient (Wildman–Crippen LogP) is 0.649. The molecule has 0 amide bonds. The van der Waals surface area contributed by atoms with Gasteiger partial charge in [-0.1, -0.05) is 6.58 Å². The highest BCUT2D eigenvalue weighted by atomic mass is 79.9. The summed E-state index contributed by atoms with van der Waals surface area (Å²) in [6.07, 6.45) is 1.35. The minimum Gasteiger partial charge on any atom is -0.385 e. The minimum absolute atomic E-state index is 0.312. The number of rotatable bonds is 1. The second-order valence-corrected chi connectivity index (χ2v) is 2.78. The van der Waals surface area contributed by atoms with E-state index in [1.54, 1.807) is 0 Å². The van der Waals surface area contributed by atoms with E-state index in [1.165, 1.54) is 16.8 Å². The van der Waals surface area contributed by atoms with Gasteiger partial charge in [0.15, 0.2) is 0 Å². The van der Waals surface area contributed by atoms with Gasteiger partial charge in [-0.05, 0) is 22.0 Å². The number of halogens is 1. The molecule has 4 nitrogen and oxygen atoms in total. The van der Waals surface area contributed by atoms with E-state index in [1.807, 2.05) is 0 Å². The summed E-state index contributed by atoms with van der Waals surface area (Å²) in [6, 6.07) is 1.52. The highest BCUT2D eigenvalue weighted by Crippen LogP contribution is 2.09. The summed E-state index contributed by atoms with van der Waals surface area (Å²) < 4.78 is 1.55. The molecule has 0 saturated heterocycles. The zero-order chi connectivity index (χ0) is 8.43. The molecule has 11 heavy (non-hydrogen) atoms. The summed E-state index contributed by atoms with van der Waals surface area (Å²) in [5.41, 5.74) is 5.02. The summed E-state index contributed by atoms with van der Waals surface area (Å²) in [4.78, 5) is 14.5. The first-order valence-electron chi connectivity index (χ1n) is 2.81. The maximum atomic E-state index is 11.0. The Hall–Kier alpha value is -1.10. The zero-order valence-corrected chi connectivity index (χ0v) is 7.21. The number of nitrogen functional groups attached to an aromatic ring is 1. The number of nitrogens with two attached hydrogens (primary N) is 1. The Morgan fingerprint density at radius 3 is 2.82 bits per heavy atom. The molecule has 0 atom stereocenters. The SMILES string of the molecule is C=C(Br)n1c(N)ccnc1=O. The number of anilines is 1. The van der Waals surface area contributed by atoms with Crippen molar-refractivity contribution < 1.29 is 0 Å². The number of hydrogen-bond donors (Lipinski definition) is 1. The van der Waals surface area contributed by atoms with Crippen LogP contribution in [0, 0.1) is 0 Å². The van der Waals surface area contributed by atoms with E-state index in [2.05, 4.69) is 27.5 Å². The van der Waals surface area contributed by atoms with Crippen LogP contribution in [0.25, 0.3) is 4.61 Å². The third-order valence-electron chi connectivity index (χ3n) is 1.12. The zero-order valence-electron chi connectivity index (χ0n) is 5.62. The Morgan fingerprint density at radius 1 is 1.82 bits per heavy atom. The van der Waals surface area contributed by atoms with Gasteiger partial charge in [-0.25, -0.2) is 14.3 Å². The second-order valence-electron chi connectivity index (χ2n) is 1.86. The molecular weight excluding hydrogens is 210 g/mol. The third kappa shape index (κ3) is 1.48. The lowest BCUT2D eigenvalue weighted by Gasteiger charge is -2.03. The van der Waals surface area contributed by atoms with Gasteiger partial charge in [0.25, 0.3) is 0 Å². The first-order chi connectivity index (χ1) is 5.13. The Labute approximate surface area is 71.5 Å². The maximum Gasteiger partial charge on any atom is 0.354 e. The topological polar surface area (TPSA) is 60.9 Å². The molecule has 0 aliphatic rings. The molecule has 2 N–H and O–H groups in total. The molecular formula is C6H6BrN3O. The van der Waals surface area contributed by atoms with Crippen molar-refractivity contribution >= 4 is 26.4 Å². The Bertz CT molecular complexity index is 344. The van der Waals surface area contributed by atoms with Crippen LogP contribution < -0.4 is 11.4 Å². The molecule has 1 aromatic rings. The van der Waals surface area contributed by atoms with Gasteiger partial charge in [0, 0.05) is 6.20 Å². The highest BCUT2D eigenvalue weighted by Gasteiger charge is 2.00. The van der Waals surface area contributed by atoms with E-state index in [0.717, 1.165) is 0 Å². The van der Waals surface area contributed by atoms with E-state index < -0.39 is 5.69 Å². The monoisotopic (exact) mass is 215 g/mol. The van der Waals surface area contributed by atoms with Crippen LogP contribution in [0.15, 0.2) is 23.6 Å². The average molecular weight is 216 g/mol. The molecule has 0 saturated carbocycles. The molecule has 58 valence electrons. The fraction of sp³-hybridized carbons (Fsp3) is 0. The fourth-order valence-corrected chi connectivity index (χ4v) is 1.02. The molecule has 0 bridgehead atoms. The van der Waals surface area contributed by atoms with Crippen LogP contribution in [0.2, 0.25) is 0 Å². The smallest absolute Gasteiger partial charge is 0.354 e. The van der Waals surface area contributed by atoms with Crippen LogP contribution >= 0.6 is 15.9 Å². The summed E-state index contributed by atoms with van der Waals surface area (Å²) in [7, 11) is 0. The van der Waals surface area contributed by atoms with Crippen LogP contribution in [-0.4, -0.2) is 9.55 Å². The summed E-state index contributed by atoms with van der Waals surface area (Å²) in [5.74, 6) is 0.312. The third-order valence-corrected chi connectivity index (χ3v) is 1.48. The van der Waals surface area contributed by atoms with Gasteiger partial charge >= 0.3 is 5.69 Å². The van der Waals surface area contributed by atoms with Gasteiger partial charge in [-0.15, -0.1) is 0 Å². The summed E-state index contributed by atoms with van der Waals surface area (Å²) in [5, 5.41) is 0. The maximum absolute atomic E-state index is 11.0. The first kappa shape index (κ1) is 8.00. The number of hydrogen-bond acceptors (Lipinski definition) is 3. The molecule has 0 unspecified atom stereocenters. The fourth-order valence-electron chi connectivity index (χ4n) is 0.664. The van der Waals surface area contributed by atoms with E-state index in [9.17, 15) is 4.79 Å². The lowest BCUT2D eigenvalue weighted by molar-refractivity contribution is 0.970. The lowest BCUT2D eigenvalue weighted by atomic mass is 10.6. The van der Waals surface area contributed by atoms with Crippen molar-refractivity contribution in [2.24, 2.45) is 0 Å². The van der Waals surface area contributed by atoms with Crippen LogP contribution in [0.3, 0.4) is 0 Å². The van der Waals surface area contributed by atoms with E-state index in [0.29, 0.717) is 10.4 Å². The molecule has 1 heterocycles. The van der Waals surface area contributed by atoms with Gasteiger partial charge in [-0.2, -0.15) is 0 Å². The van der Waals surface area contributed by atoms with Gasteiger partial charge in [-0.3, -0.25) is 0 Å². The minimum atomic E-state index is -0.438. The van der Waals surface area contributed by atoms with Crippen LogP contribution in [0.5, 0.6) is 0 Å². The number of aromatic nitrogens is 2. The standard InChI is InChI=1S/C6H6BrN3O/c1-4(7)10-5(8)2-3-9-6(10)11/h2-3H,1,8H2. The Balaban J connectivity index is 3.45. The van der Waals surface area contributed by atoms with Crippen LogP contribution in [-0.2, 0) is 0 Å². The van der Waals surface area contributed by atoms with Crippen molar-refractivity contribution in [3.63, 3.8) is 0 Å². The molecule has 0 radical (unpaired) electrons. The van der Waals surface area contributed by atoms with Crippen molar-refractivity contribution in [3.8, 4) is 0 Å². The van der Waals surface area contributed by atoms with Crippen molar-refractivity contribution in [2.75, 3.05) is 5.73 Å². The van der Waals surface area contributed by atoms with E-state index in [-0.39, 0.29) is 0 Å². The van der Waals surface area contributed by atoms with Gasteiger partial charge in [0.05, 0.1) is 4.61 Å². The molecule has 0 aliphatic carbocycles. The van der Waals surface area contributed by atoms with Crippen molar-refractivity contribution in [3.05, 3.63) is 29.3 Å². The lowest BCUT2D eigenvalue weighted by Crippen LogP contribution is -2.22. The molecule has 1 aromatic heterocycles. The highest BCUT2D eigenvalue weighted by molar-refractivity contribution is 9.14. The van der Waals surface area contributed by atoms with Gasteiger partial charge in [0.2, 0.25) is 0 Å². The largest absolute Gasteiger partial charge is 0.385 e. The van der Waals surface area contributed by atoms with Crippen molar-refractivity contribution in [1.29, 1.82) is 0 Å². The molecule has 0 fully saturated rings. The summed E-state index contributed by atoms with van der Waals surface area (Å²) in [6.45, 7) is 3.51. The Morgan fingerprint density at radius 2 is 2.45 bits per heavy atom. The van der Waals surface area contributed by atoms with Crippen LogP contribution in [0.1, 0.15) is 0 Å². The van der Waals surface area contributed by atoms with Crippen molar-refractivity contribution in [2.45, 2.75) is 0 Å². The van der Waals surface area contributed by atoms with Crippen LogP contribution in [0.4, 0.5) is 5.82 Å². The average Bonchev–Trinajstić information content (AvgIpc) is 1.85. The molecule has 0 aromatic carbocycles. The van der Waals surface area contributed by atoms with E-state index >= 15 is 0 Å². The van der Waals surface area contributed by atoms with E-state index in [4.69, 9.17) is 5.73 Å². The predicted molar refractivity (Wildman–Crippen MR) is 47.2 cm³/mol. The second kappa shape index (κ2) is 2.87. The molecule has 0 aliphatic heterocycles. The molecule has 1 rings (SSSR count). The first-order valence-corrected chi connectivity index (χ1v) is 3.60. The summed E-state index contributed by atoms with van der Waals surface area (Å²) >= 11 is 3.03. The normalized spacial score (nSPS) is 9.55. The number of nitrogens with zero attached hydrogens (tertiary/aromatic N) is 2. The Kier molecular flexibility index (Phi) is 2.09.